The van der Waals surface area contributed by atoms with Gasteiger partial charge in [-0.25, -0.2) is 0 Å². The molecule has 1 amide bonds. The van der Waals surface area contributed by atoms with E-state index >= 15 is 0 Å². The Morgan fingerprint density at radius 1 is 1.30 bits per heavy atom. The van der Waals surface area contributed by atoms with Gasteiger partial charge in [-0.05, 0) is 56.7 Å². The van der Waals surface area contributed by atoms with Gasteiger partial charge in [0.05, 0.1) is 5.56 Å². The number of hydrogen-bond acceptors (Lipinski definition) is 3. The molecule has 1 atom stereocenters. The molecule has 0 fully saturated rings. The summed E-state index contributed by atoms with van der Waals surface area (Å²) in [6.45, 7) is 6.20. The minimum absolute atomic E-state index is 0.139. The zero-order chi connectivity index (χ0) is 16.6. The van der Waals surface area contributed by atoms with E-state index in [9.17, 15) is 10.1 Å². The van der Waals surface area contributed by atoms with Gasteiger partial charge in [0, 0.05) is 10.4 Å². The monoisotopic (exact) mass is 324 g/mol. The van der Waals surface area contributed by atoms with Gasteiger partial charge in [0.1, 0.15) is 11.1 Å². The van der Waals surface area contributed by atoms with E-state index in [2.05, 4.69) is 18.3 Å². The van der Waals surface area contributed by atoms with Crippen LogP contribution in [0, 0.1) is 31.1 Å². The first kappa shape index (κ1) is 15.8. The summed E-state index contributed by atoms with van der Waals surface area (Å²) < 4.78 is 0. The molecular weight excluding hydrogens is 304 g/mol. The normalized spacial score (nSPS) is 16.5. The van der Waals surface area contributed by atoms with Crippen LogP contribution in [0.25, 0.3) is 0 Å². The van der Waals surface area contributed by atoms with Crippen LogP contribution >= 0.6 is 11.3 Å². The largest absolute Gasteiger partial charge is 0.312 e. The van der Waals surface area contributed by atoms with E-state index in [0.717, 1.165) is 36.0 Å². The van der Waals surface area contributed by atoms with Crippen molar-refractivity contribution < 1.29 is 4.79 Å². The highest BCUT2D eigenvalue weighted by Gasteiger charge is 2.24. The molecule has 0 unspecified atom stereocenters. The smallest absolute Gasteiger partial charge is 0.256 e. The quantitative estimate of drug-likeness (QED) is 0.876. The SMILES string of the molecule is Cc1cc(C)cc(C(=O)Nc2sc3c(c2C#N)CC[C@@H](C)C3)c1. The molecular formula is C19H20N2OS. The fraction of sp³-hybridized carbons (Fsp3) is 0.368. The third kappa shape index (κ3) is 3.16. The number of benzene rings is 1. The number of anilines is 1. The van der Waals surface area contributed by atoms with Crippen molar-refractivity contribution in [2.75, 3.05) is 5.32 Å². The van der Waals surface area contributed by atoms with Crippen LogP contribution in [-0.2, 0) is 12.8 Å². The first-order valence-electron chi connectivity index (χ1n) is 7.92. The van der Waals surface area contributed by atoms with E-state index in [4.69, 9.17) is 0 Å². The van der Waals surface area contributed by atoms with Gasteiger partial charge in [0.2, 0.25) is 0 Å². The number of hydrogen-bond donors (Lipinski definition) is 1. The molecule has 23 heavy (non-hydrogen) atoms. The van der Waals surface area contributed by atoms with E-state index in [0.29, 0.717) is 22.0 Å². The number of thiophene rings is 1. The Kier molecular flexibility index (Phi) is 4.23. The Morgan fingerprint density at radius 3 is 2.65 bits per heavy atom. The molecule has 1 aromatic carbocycles. The number of rotatable bonds is 2. The Balaban J connectivity index is 1.91. The fourth-order valence-electron chi connectivity index (χ4n) is 3.24. The summed E-state index contributed by atoms with van der Waals surface area (Å²) in [6.07, 6.45) is 3.06. The van der Waals surface area contributed by atoms with Gasteiger partial charge in [-0.3, -0.25) is 4.79 Å². The summed E-state index contributed by atoms with van der Waals surface area (Å²) in [7, 11) is 0. The first-order valence-corrected chi connectivity index (χ1v) is 8.74. The maximum absolute atomic E-state index is 12.5. The molecule has 1 N–H and O–H groups in total. The Morgan fingerprint density at radius 2 is 2.00 bits per heavy atom. The van der Waals surface area contributed by atoms with Gasteiger partial charge in [-0.15, -0.1) is 11.3 Å². The second-order valence-corrected chi connectivity index (χ2v) is 7.60. The summed E-state index contributed by atoms with van der Waals surface area (Å²) in [4.78, 5) is 13.8. The lowest BCUT2D eigenvalue weighted by Crippen LogP contribution is -2.12. The molecule has 0 spiro atoms. The zero-order valence-electron chi connectivity index (χ0n) is 13.7. The van der Waals surface area contributed by atoms with Crippen molar-refractivity contribution >= 4 is 22.2 Å². The van der Waals surface area contributed by atoms with Crippen molar-refractivity contribution in [3.63, 3.8) is 0 Å². The highest BCUT2D eigenvalue weighted by Crippen LogP contribution is 2.39. The molecule has 3 nitrogen and oxygen atoms in total. The molecule has 0 bridgehead atoms. The van der Waals surface area contributed by atoms with E-state index in [1.807, 2.05) is 32.0 Å². The zero-order valence-corrected chi connectivity index (χ0v) is 14.5. The first-order chi connectivity index (χ1) is 11.0. The van der Waals surface area contributed by atoms with Crippen LogP contribution in [0.1, 0.15) is 50.8 Å². The van der Waals surface area contributed by atoms with E-state index in [1.54, 1.807) is 11.3 Å². The van der Waals surface area contributed by atoms with Gasteiger partial charge >= 0.3 is 0 Å². The maximum atomic E-state index is 12.5. The van der Waals surface area contributed by atoms with Crippen LogP contribution in [0.3, 0.4) is 0 Å². The number of nitriles is 1. The molecule has 1 heterocycles. The van der Waals surface area contributed by atoms with Crippen molar-refractivity contribution in [1.82, 2.24) is 0 Å². The molecule has 1 aromatic heterocycles. The number of aryl methyl sites for hydroxylation is 2. The van der Waals surface area contributed by atoms with Crippen molar-refractivity contribution in [2.24, 2.45) is 5.92 Å². The van der Waals surface area contributed by atoms with Crippen LogP contribution in [0.5, 0.6) is 0 Å². The predicted octanol–water partition coefficient (Wildman–Crippen LogP) is 4.61. The molecule has 1 aliphatic carbocycles. The second kappa shape index (κ2) is 6.17. The standard InChI is InChI=1S/C19H20N2OS/c1-11-4-5-15-16(10-20)19(23-17(15)9-11)21-18(22)14-7-12(2)6-13(3)8-14/h6-8,11H,4-5,9H2,1-3H3,(H,21,22)/t11-/m1/s1. The number of nitrogens with zero attached hydrogens (tertiary/aromatic N) is 1. The van der Waals surface area contributed by atoms with Crippen molar-refractivity contribution in [3.05, 3.63) is 50.9 Å². The summed E-state index contributed by atoms with van der Waals surface area (Å²) in [5.41, 5.74) is 4.58. The number of carbonyl (C=O) groups excluding carboxylic acids is 1. The fourth-order valence-corrected chi connectivity index (χ4v) is 4.59. The molecule has 0 aliphatic heterocycles. The third-order valence-electron chi connectivity index (χ3n) is 4.33. The summed E-state index contributed by atoms with van der Waals surface area (Å²) in [5, 5.41) is 13.2. The molecule has 0 saturated heterocycles. The molecule has 0 saturated carbocycles. The molecule has 2 aromatic rings. The molecule has 0 radical (unpaired) electrons. The lowest BCUT2D eigenvalue weighted by molar-refractivity contribution is 0.102. The number of nitrogens with one attached hydrogen (secondary N) is 1. The van der Waals surface area contributed by atoms with Gasteiger partial charge in [0.15, 0.2) is 0 Å². The van der Waals surface area contributed by atoms with E-state index < -0.39 is 0 Å². The van der Waals surface area contributed by atoms with Crippen LogP contribution in [0.4, 0.5) is 5.00 Å². The van der Waals surface area contributed by atoms with Gasteiger partial charge in [0.25, 0.3) is 5.91 Å². The van der Waals surface area contributed by atoms with Crippen molar-refractivity contribution in [3.8, 4) is 6.07 Å². The Hall–Kier alpha value is -2.12. The Bertz CT molecular complexity index is 793. The average Bonchev–Trinajstić information content (AvgIpc) is 2.82. The predicted molar refractivity (Wildman–Crippen MR) is 94.1 cm³/mol. The average molecular weight is 324 g/mol. The minimum atomic E-state index is -0.139. The van der Waals surface area contributed by atoms with Gasteiger partial charge in [-0.2, -0.15) is 5.26 Å². The maximum Gasteiger partial charge on any atom is 0.256 e. The molecule has 4 heteroatoms. The number of amides is 1. The lowest BCUT2D eigenvalue weighted by Gasteiger charge is -2.17. The van der Waals surface area contributed by atoms with E-state index in [1.165, 1.54) is 4.88 Å². The van der Waals surface area contributed by atoms with E-state index in [-0.39, 0.29) is 5.91 Å². The Labute approximate surface area is 141 Å². The van der Waals surface area contributed by atoms with Crippen molar-refractivity contribution in [2.45, 2.75) is 40.0 Å². The third-order valence-corrected chi connectivity index (χ3v) is 5.50. The van der Waals surface area contributed by atoms with Crippen molar-refractivity contribution in [1.29, 1.82) is 5.26 Å². The lowest BCUT2D eigenvalue weighted by atomic mass is 9.88. The summed E-state index contributed by atoms with van der Waals surface area (Å²) in [5.74, 6) is 0.510. The van der Waals surface area contributed by atoms with Gasteiger partial charge < -0.3 is 5.32 Å². The highest BCUT2D eigenvalue weighted by molar-refractivity contribution is 7.16. The molecule has 118 valence electrons. The number of carbonyl (C=O) groups is 1. The molecule has 1 aliphatic rings. The topological polar surface area (TPSA) is 52.9 Å². The summed E-state index contributed by atoms with van der Waals surface area (Å²) >= 11 is 1.57. The highest BCUT2D eigenvalue weighted by atomic mass is 32.1. The summed E-state index contributed by atoms with van der Waals surface area (Å²) in [6, 6.07) is 8.10. The molecule has 3 rings (SSSR count). The van der Waals surface area contributed by atoms with Crippen LogP contribution in [-0.4, -0.2) is 5.91 Å². The minimum Gasteiger partial charge on any atom is -0.312 e. The van der Waals surface area contributed by atoms with Crippen LogP contribution < -0.4 is 5.32 Å². The van der Waals surface area contributed by atoms with Crippen LogP contribution in [0.2, 0.25) is 0 Å². The second-order valence-electron chi connectivity index (χ2n) is 6.50. The number of fused-ring (bicyclic) bond motifs is 1. The van der Waals surface area contributed by atoms with Gasteiger partial charge in [-0.1, -0.05) is 24.1 Å². The van der Waals surface area contributed by atoms with Crippen LogP contribution in [0.15, 0.2) is 18.2 Å².